The van der Waals surface area contributed by atoms with Crippen LogP contribution in [-0.4, -0.2) is 16.8 Å². The monoisotopic (exact) mass is 337 g/mol. The topological polar surface area (TPSA) is 71.1 Å². The average molecular weight is 337 g/mol. The second kappa shape index (κ2) is 6.69. The molecule has 0 unspecified atom stereocenters. The second-order valence-corrected chi connectivity index (χ2v) is 5.04. The van der Waals surface area contributed by atoms with Gasteiger partial charge in [-0.15, -0.1) is 0 Å². The molecule has 1 aromatic heterocycles. The van der Waals surface area contributed by atoms with E-state index in [4.69, 9.17) is 0 Å². The minimum Gasteiger partial charge on any atom is -0.326 e. The number of rotatable bonds is 3. The van der Waals surface area contributed by atoms with Gasteiger partial charge in [-0.3, -0.25) is 14.6 Å². The summed E-state index contributed by atoms with van der Waals surface area (Å²) in [6.45, 7) is 3.06. The van der Waals surface area contributed by atoms with Crippen molar-refractivity contribution in [2.45, 2.75) is 20.0 Å². The van der Waals surface area contributed by atoms with Crippen molar-refractivity contribution in [2.75, 3.05) is 10.6 Å². The summed E-state index contributed by atoms with van der Waals surface area (Å²) < 4.78 is 37.4. The number of anilines is 2. The van der Waals surface area contributed by atoms with Gasteiger partial charge in [0.1, 0.15) is 5.69 Å². The van der Waals surface area contributed by atoms with Gasteiger partial charge in [0, 0.05) is 24.5 Å². The predicted molar refractivity (Wildman–Crippen MR) is 82.7 cm³/mol. The highest BCUT2D eigenvalue weighted by Crippen LogP contribution is 2.27. The van der Waals surface area contributed by atoms with Crippen LogP contribution in [0.5, 0.6) is 0 Å². The Morgan fingerprint density at radius 2 is 1.67 bits per heavy atom. The zero-order valence-electron chi connectivity index (χ0n) is 12.9. The molecule has 0 aliphatic rings. The maximum Gasteiger partial charge on any atom is 0.433 e. The van der Waals surface area contributed by atoms with Crippen LogP contribution in [0, 0.1) is 6.92 Å². The van der Waals surface area contributed by atoms with Crippen LogP contribution in [0.25, 0.3) is 0 Å². The summed E-state index contributed by atoms with van der Waals surface area (Å²) in [6, 6.07) is 6.73. The van der Waals surface area contributed by atoms with E-state index in [1.165, 1.54) is 6.92 Å². The number of amides is 2. The Labute approximate surface area is 135 Å². The van der Waals surface area contributed by atoms with Gasteiger partial charge >= 0.3 is 6.18 Å². The van der Waals surface area contributed by atoms with Crippen molar-refractivity contribution >= 4 is 23.2 Å². The van der Waals surface area contributed by atoms with Gasteiger partial charge in [-0.1, -0.05) is 6.07 Å². The van der Waals surface area contributed by atoms with Crippen molar-refractivity contribution in [1.82, 2.24) is 4.98 Å². The largest absolute Gasteiger partial charge is 0.433 e. The first-order chi connectivity index (χ1) is 11.2. The zero-order chi connectivity index (χ0) is 17.9. The van der Waals surface area contributed by atoms with Crippen molar-refractivity contribution in [1.29, 1.82) is 0 Å². The van der Waals surface area contributed by atoms with Gasteiger partial charge in [-0.2, -0.15) is 13.2 Å². The Hall–Kier alpha value is -2.90. The number of hydrogen-bond donors (Lipinski definition) is 2. The number of benzene rings is 1. The lowest BCUT2D eigenvalue weighted by molar-refractivity contribution is -0.141. The standard InChI is InChI=1S/C16H14F3N3O2/c1-9-12(21-10(2)23)4-3-5-13(9)22-15(24)11-6-7-14(20-8-11)16(17,18)19/h3-8H,1-2H3,(H,21,23)(H,22,24). The Morgan fingerprint density at radius 3 is 2.17 bits per heavy atom. The van der Waals surface area contributed by atoms with Gasteiger partial charge in [-0.25, -0.2) is 0 Å². The molecule has 24 heavy (non-hydrogen) atoms. The van der Waals surface area contributed by atoms with E-state index >= 15 is 0 Å². The molecule has 2 amide bonds. The first kappa shape index (κ1) is 17.5. The quantitative estimate of drug-likeness (QED) is 0.899. The van der Waals surface area contributed by atoms with Crippen LogP contribution in [0.3, 0.4) is 0 Å². The molecule has 126 valence electrons. The molecule has 1 aromatic carbocycles. The number of halogens is 3. The molecular formula is C16H14F3N3O2. The normalized spacial score (nSPS) is 11.0. The highest BCUT2D eigenvalue weighted by atomic mass is 19.4. The molecule has 0 saturated heterocycles. The van der Waals surface area contributed by atoms with Crippen molar-refractivity contribution in [3.63, 3.8) is 0 Å². The maximum atomic E-state index is 12.5. The molecule has 0 bridgehead atoms. The van der Waals surface area contributed by atoms with Crippen LogP contribution in [0.4, 0.5) is 24.5 Å². The molecule has 0 aliphatic heterocycles. The van der Waals surface area contributed by atoms with Crippen LogP contribution in [0.2, 0.25) is 0 Å². The highest BCUT2D eigenvalue weighted by molar-refractivity contribution is 6.05. The minimum absolute atomic E-state index is 0.00710. The third-order valence-corrected chi connectivity index (χ3v) is 3.21. The lowest BCUT2D eigenvalue weighted by atomic mass is 10.1. The molecule has 0 aliphatic carbocycles. The summed E-state index contributed by atoms with van der Waals surface area (Å²) in [5, 5.41) is 5.21. The smallest absolute Gasteiger partial charge is 0.326 e. The number of carbonyl (C=O) groups is 2. The summed E-state index contributed by atoms with van der Waals surface area (Å²) >= 11 is 0. The SMILES string of the molecule is CC(=O)Nc1cccc(NC(=O)c2ccc(C(F)(F)F)nc2)c1C. The van der Waals surface area contributed by atoms with Crippen LogP contribution >= 0.6 is 0 Å². The lowest BCUT2D eigenvalue weighted by Gasteiger charge is -2.13. The molecular weight excluding hydrogens is 323 g/mol. The van der Waals surface area contributed by atoms with Gasteiger partial charge in [-0.05, 0) is 36.8 Å². The van der Waals surface area contributed by atoms with E-state index in [2.05, 4.69) is 15.6 Å². The fraction of sp³-hybridized carbons (Fsp3) is 0.188. The molecule has 5 nitrogen and oxygen atoms in total. The van der Waals surface area contributed by atoms with E-state index in [1.54, 1.807) is 25.1 Å². The number of nitrogens with zero attached hydrogens (tertiary/aromatic N) is 1. The number of aromatic nitrogens is 1. The van der Waals surface area contributed by atoms with Gasteiger partial charge < -0.3 is 10.6 Å². The summed E-state index contributed by atoms with van der Waals surface area (Å²) in [7, 11) is 0. The minimum atomic E-state index is -4.56. The highest BCUT2D eigenvalue weighted by Gasteiger charge is 2.32. The van der Waals surface area contributed by atoms with E-state index in [0.29, 0.717) is 16.9 Å². The Balaban J connectivity index is 2.19. The fourth-order valence-electron chi connectivity index (χ4n) is 1.99. The molecule has 0 radical (unpaired) electrons. The Bertz CT molecular complexity index is 771. The van der Waals surface area contributed by atoms with Gasteiger partial charge in [0.05, 0.1) is 5.56 Å². The molecule has 0 saturated carbocycles. The molecule has 2 aromatic rings. The van der Waals surface area contributed by atoms with Crippen molar-refractivity contribution in [2.24, 2.45) is 0 Å². The third kappa shape index (κ3) is 4.09. The van der Waals surface area contributed by atoms with Crippen LogP contribution in [0.15, 0.2) is 36.5 Å². The van der Waals surface area contributed by atoms with Crippen LogP contribution < -0.4 is 10.6 Å². The lowest BCUT2D eigenvalue weighted by Crippen LogP contribution is -2.15. The van der Waals surface area contributed by atoms with Gasteiger partial charge in [0.15, 0.2) is 0 Å². The first-order valence-corrected chi connectivity index (χ1v) is 6.90. The third-order valence-electron chi connectivity index (χ3n) is 3.21. The fourth-order valence-corrected chi connectivity index (χ4v) is 1.99. The van der Waals surface area contributed by atoms with E-state index < -0.39 is 17.8 Å². The van der Waals surface area contributed by atoms with E-state index in [9.17, 15) is 22.8 Å². The molecule has 0 atom stereocenters. The maximum absolute atomic E-state index is 12.5. The van der Waals surface area contributed by atoms with Crippen molar-refractivity contribution in [3.05, 3.63) is 53.3 Å². The predicted octanol–water partition coefficient (Wildman–Crippen LogP) is 3.62. The average Bonchev–Trinajstić information content (AvgIpc) is 2.50. The molecule has 0 spiro atoms. The molecule has 8 heteroatoms. The van der Waals surface area contributed by atoms with Gasteiger partial charge in [0.2, 0.25) is 5.91 Å². The molecule has 2 rings (SSSR count). The first-order valence-electron chi connectivity index (χ1n) is 6.90. The van der Waals surface area contributed by atoms with E-state index in [0.717, 1.165) is 18.3 Å². The second-order valence-electron chi connectivity index (χ2n) is 5.04. The van der Waals surface area contributed by atoms with E-state index in [-0.39, 0.29) is 11.5 Å². The summed E-state index contributed by atoms with van der Waals surface area (Å²) in [6.07, 6.45) is -3.69. The van der Waals surface area contributed by atoms with Crippen molar-refractivity contribution < 1.29 is 22.8 Å². The van der Waals surface area contributed by atoms with Gasteiger partial charge in [0.25, 0.3) is 5.91 Å². The van der Waals surface area contributed by atoms with Crippen LogP contribution in [-0.2, 0) is 11.0 Å². The number of carbonyl (C=O) groups excluding carboxylic acids is 2. The summed E-state index contributed by atoms with van der Waals surface area (Å²) in [5.74, 6) is -0.854. The number of alkyl halides is 3. The Kier molecular flexibility index (Phi) is 4.87. The molecule has 0 fully saturated rings. The molecule has 2 N–H and O–H groups in total. The number of nitrogens with one attached hydrogen (secondary N) is 2. The number of hydrogen-bond acceptors (Lipinski definition) is 3. The number of pyridine rings is 1. The summed E-state index contributed by atoms with van der Waals surface area (Å²) in [5.41, 5.74) is 0.521. The zero-order valence-corrected chi connectivity index (χ0v) is 12.9. The van der Waals surface area contributed by atoms with E-state index in [1.807, 2.05) is 0 Å². The summed E-state index contributed by atoms with van der Waals surface area (Å²) in [4.78, 5) is 26.5. The Morgan fingerprint density at radius 1 is 1.04 bits per heavy atom. The molecule has 1 heterocycles. The van der Waals surface area contributed by atoms with Crippen molar-refractivity contribution in [3.8, 4) is 0 Å². The van der Waals surface area contributed by atoms with Crippen LogP contribution in [0.1, 0.15) is 28.5 Å².